The Bertz CT molecular complexity index is 644. The number of esters is 1. The van der Waals surface area contributed by atoms with Crippen molar-refractivity contribution in [1.29, 1.82) is 0 Å². The zero-order valence-corrected chi connectivity index (χ0v) is 11.6. The quantitative estimate of drug-likeness (QED) is 0.618. The molecular formula is C17H16O3. The van der Waals surface area contributed by atoms with Gasteiger partial charge in [0.2, 0.25) is 0 Å². The van der Waals surface area contributed by atoms with Gasteiger partial charge in [-0.3, -0.25) is 4.79 Å². The molecule has 20 heavy (non-hydrogen) atoms. The minimum absolute atomic E-state index is 0.0528. The predicted molar refractivity (Wildman–Crippen MR) is 76.3 cm³/mol. The van der Waals surface area contributed by atoms with Gasteiger partial charge in [0, 0.05) is 11.5 Å². The third kappa shape index (κ3) is 2.27. The molecule has 3 nitrogen and oxygen atoms in total. The molecule has 1 aliphatic heterocycles. The van der Waals surface area contributed by atoms with Crippen molar-refractivity contribution in [3.05, 3.63) is 59.2 Å². The van der Waals surface area contributed by atoms with E-state index in [2.05, 4.69) is 6.07 Å². The predicted octanol–water partition coefficient (Wildman–Crippen LogP) is 3.44. The van der Waals surface area contributed by atoms with Crippen LogP contribution in [-0.2, 0) is 4.79 Å². The van der Waals surface area contributed by atoms with Crippen molar-refractivity contribution in [2.45, 2.75) is 19.3 Å². The summed E-state index contributed by atoms with van der Waals surface area (Å²) in [4.78, 5) is 11.8. The topological polar surface area (TPSA) is 35.5 Å². The van der Waals surface area contributed by atoms with Crippen LogP contribution < -0.4 is 9.47 Å². The second-order valence-corrected chi connectivity index (χ2v) is 5.05. The normalized spacial score (nSPS) is 17.3. The molecule has 1 aliphatic rings. The van der Waals surface area contributed by atoms with E-state index in [0.29, 0.717) is 12.2 Å². The van der Waals surface area contributed by atoms with E-state index in [-0.39, 0.29) is 11.9 Å². The van der Waals surface area contributed by atoms with E-state index >= 15 is 0 Å². The van der Waals surface area contributed by atoms with Crippen molar-refractivity contribution in [3.63, 3.8) is 0 Å². The van der Waals surface area contributed by atoms with Crippen LogP contribution in [0.4, 0.5) is 0 Å². The number of ether oxygens (including phenoxy) is 2. The largest absolute Gasteiger partial charge is 0.497 e. The zero-order chi connectivity index (χ0) is 14.1. The number of fused-ring (bicyclic) bond motifs is 1. The molecule has 1 heterocycles. The van der Waals surface area contributed by atoms with Gasteiger partial charge in [-0.2, -0.15) is 0 Å². The molecule has 2 aromatic rings. The fraction of sp³-hybridized carbons (Fsp3) is 0.235. The molecule has 0 fully saturated rings. The van der Waals surface area contributed by atoms with Crippen LogP contribution in [0.15, 0.2) is 42.5 Å². The third-order valence-corrected chi connectivity index (χ3v) is 3.65. The van der Waals surface area contributed by atoms with Gasteiger partial charge in [0.1, 0.15) is 11.5 Å². The molecule has 3 rings (SSSR count). The molecule has 0 spiro atoms. The average Bonchev–Trinajstić information content (AvgIpc) is 2.47. The van der Waals surface area contributed by atoms with Crippen molar-refractivity contribution in [2.24, 2.45) is 0 Å². The first-order valence-electron chi connectivity index (χ1n) is 6.62. The molecule has 0 aromatic heterocycles. The van der Waals surface area contributed by atoms with E-state index in [1.807, 2.05) is 43.3 Å². The van der Waals surface area contributed by atoms with E-state index in [1.54, 1.807) is 7.11 Å². The van der Waals surface area contributed by atoms with Gasteiger partial charge < -0.3 is 9.47 Å². The monoisotopic (exact) mass is 268 g/mol. The molecule has 0 aliphatic carbocycles. The minimum Gasteiger partial charge on any atom is -0.497 e. The van der Waals surface area contributed by atoms with Crippen LogP contribution in [0.5, 0.6) is 11.5 Å². The van der Waals surface area contributed by atoms with Crippen molar-refractivity contribution in [3.8, 4) is 11.5 Å². The summed E-state index contributed by atoms with van der Waals surface area (Å²) in [7, 11) is 1.64. The Hall–Kier alpha value is -2.29. The Kier molecular flexibility index (Phi) is 3.18. The Morgan fingerprint density at radius 3 is 2.60 bits per heavy atom. The standard InChI is InChI=1S/C17H16O3/c1-11-3-8-16-15(9-11)14(10-17(18)20-16)12-4-6-13(19-2)7-5-12/h3-9,14H,10H2,1-2H3/t14-/m0/s1. The molecular weight excluding hydrogens is 252 g/mol. The number of hydrogen-bond donors (Lipinski definition) is 0. The molecule has 0 saturated heterocycles. The molecule has 0 amide bonds. The maximum atomic E-state index is 11.8. The summed E-state index contributed by atoms with van der Waals surface area (Å²) in [6, 6.07) is 13.8. The van der Waals surface area contributed by atoms with Gasteiger partial charge in [-0.05, 0) is 30.7 Å². The van der Waals surface area contributed by atoms with Crippen LogP contribution in [-0.4, -0.2) is 13.1 Å². The third-order valence-electron chi connectivity index (χ3n) is 3.65. The van der Waals surface area contributed by atoms with Crippen LogP contribution >= 0.6 is 0 Å². The van der Waals surface area contributed by atoms with Gasteiger partial charge in [-0.15, -0.1) is 0 Å². The lowest BCUT2D eigenvalue weighted by molar-refractivity contribution is -0.135. The highest BCUT2D eigenvalue weighted by Crippen LogP contribution is 2.39. The van der Waals surface area contributed by atoms with Crippen molar-refractivity contribution in [2.75, 3.05) is 7.11 Å². The first-order chi connectivity index (χ1) is 9.67. The summed E-state index contributed by atoms with van der Waals surface area (Å²) in [5.41, 5.74) is 3.35. The molecule has 3 heteroatoms. The number of rotatable bonds is 2. The number of hydrogen-bond acceptors (Lipinski definition) is 3. The lowest BCUT2D eigenvalue weighted by Crippen LogP contribution is -2.21. The SMILES string of the molecule is COc1ccc([C@@H]2CC(=O)Oc3ccc(C)cc32)cc1. The fourth-order valence-corrected chi connectivity index (χ4v) is 2.61. The number of methoxy groups -OCH3 is 1. The van der Waals surface area contributed by atoms with Crippen LogP contribution in [0.25, 0.3) is 0 Å². The maximum Gasteiger partial charge on any atom is 0.312 e. The molecule has 1 atom stereocenters. The molecule has 0 saturated carbocycles. The van der Waals surface area contributed by atoms with Crippen LogP contribution in [0, 0.1) is 6.92 Å². The van der Waals surface area contributed by atoms with E-state index in [4.69, 9.17) is 9.47 Å². The van der Waals surface area contributed by atoms with Crippen LogP contribution in [0.2, 0.25) is 0 Å². The summed E-state index contributed by atoms with van der Waals surface area (Å²) in [5.74, 6) is 1.36. The molecule has 2 aromatic carbocycles. The molecule has 0 N–H and O–H groups in total. The summed E-state index contributed by atoms with van der Waals surface area (Å²) in [5, 5.41) is 0. The van der Waals surface area contributed by atoms with E-state index in [9.17, 15) is 4.79 Å². The highest BCUT2D eigenvalue weighted by molar-refractivity contribution is 5.77. The van der Waals surface area contributed by atoms with E-state index < -0.39 is 0 Å². The van der Waals surface area contributed by atoms with Crippen LogP contribution in [0.1, 0.15) is 29.0 Å². The van der Waals surface area contributed by atoms with E-state index in [1.165, 1.54) is 5.56 Å². The fourth-order valence-electron chi connectivity index (χ4n) is 2.61. The Balaban J connectivity index is 2.04. The average molecular weight is 268 g/mol. The first kappa shape index (κ1) is 12.7. The zero-order valence-electron chi connectivity index (χ0n) is 11.6. The Morgan fingerprint density at radius 2 is 1.90 bits per heavy atom. The van der Waals surface area contributed by atoms with Gasteiger partial charge in [0.15, 0.2) is 0 Å². The Morgan fingerprint density at radius 1 is 1.15 bits per heavy atom. The molecule has 0 unspecified atom stereocenters. The van der Waals surface area contributed by atoms with E-state index in [0.717, 1.165) is 16.9 Å². The second kappa shape index (κ2) is 5.00. The molecule has 0 bridgehead atoms. The Labute approximate surface area is 118 Å². The summed E-state index contributed by atoms with van der Waals surface area (Å²) in [6.07, 6.45) is 0.378. The smallest absolute Gasteiger partial charge is 0.312 e. The maximum absolute atomic E-state index is 11.8. The number of aryl methyl sites for hydroxylation is 1. The summed E-state index contributed by atoms with van der Waals surface area (Å²) >= 11 is 0. The highest BCUT2D eigenvalue weighted by atomic mass is 16.5. The van der Waals surface area contributed by atoms with Crippen molar-refractivity contribution in [1.82, 2.24) is 0 Å². The van der Waals surface area contributed by atoms with Gasteiger partial charge in [0.25, 0.3) is 0 Å². The van der Waals surface area contributed by atoms with Gasteiger partial charge in [-0.25, -0.2) is 0 Å². The van der Waals surface area contributed by atoms with Crippen molar-refractivity contribution < 1.29 is 14.3 Å². The highest BCUT2D eigenvalue weighted by Gasteiger charge is 2.28. The molecule has 0 radical (unpaired) electrons. The van der Waals surface area contributed by atoms with Crippen molar-refractivity contribution >= 4 is 5.97 Å². The second-order valence-electron chi connectivity index (χ2n) is 5.05. The molecule has 102 valence electrons. The first-order valence-corrected chi connectivity index (χ1v) is 6.62. The van der Waals surface area contributed by atoms with Crippen LogP contribution in [0.3, 0.4) is 0 Å². The number of carbonyl (C=O) groups is 1. The number of carbonyl (C=O) groups excluding carboxylic acids is 1. The van der Waals surface area contributed by atoms with Gasteiger partial charge in [0.05, 0.1) is 13.5 Å². The lowest BCUT2D eigenvalue weighted by atomic mass is 9.86. The van der Waals surface area contributed by atoms with Gasteiger partial charge in [-0.1, -0.05) is 29.8 Å². The summed E-state index contributed by atoms with van der Waals surface area (Å²) < 4.78 is 10.5. The number of benzene rings is 2. The lowest BCUT2D eigenvalue weighted by Gasteiger charge is -2.25. The summed E-state index contributed by atoms with van der Waals surface area (Å²) in [6.45, 7) is 2.04. The van der Waals surface area contributed by atoms with Gasteiger partial charge >= 0.3 is 5.97 Å². The minimum atomic E-state index is -0.179.